The van der Waals surface area contributed by atoms with Gasteiger partial charge in [0.1, 0.15) is 50.4 Å². The van der Waals surface area contributed by atoms with E-state index in [-0.39, 0.29) is 27.3 Å². The largest absolute Gasteiger partial charge is 0.456 e. The van der Waals surface area contributed by atoms with Crippen molar-refractivity contribution in [3.63, 3.8) is 0 Å². The summed E-state index contributed by atoms with van der Waals surface area (Å²) in [4.78, 5) is 9.97. The Hall–Kier alpha value is -4.70. The van der Waals surface area contributed by atoms with Crippen LogP contribution in [0.1, 0.15) is 0 Å². The number of rotatable bonds is 4. The Morgan fingerprint density at radius 2 is 1.05 bits per heavy atom. The second-order valence-electron chi connectivity index (χ2n) is 10.1. The maximum Gasteiger partial charge on any atom is 0.160 e. The maximum absolute atomic E-state index is 6.46. The van der Waals surface area contributed by atoms with Gasteiger partial charge in [0.15, 0.2) is 5.82 Å². The van der Waals surface area contributed by atoms with E-state index in [0.717, 1.165) is 44.4 Å². The second kappa shape index (κ2) is 10.3. The summed E-state index contributed by atoms with van der Waals surface area (Å²) in [5.41, 5.74) is 8.19. The van der Waals surface area contributed by atoms with E-state index in [9.17, 15) is 0 Å². The summed E-state index contributed by atoms with van der Waals surface area (Å²) < 4.78 is 6.25. The van der Waals surface area contributed by atoms with Crippen LogP contribution in [-0.4, -0.2) is 49.2 Å². The first-order chi connectivity index (χ1) is 20.4. The molecule has 0 aliphatic heterocycles. The van der Waals surface area contributed by atoms with Crippen LogP contribution in [0.25, 0.3) is 67.0 Å². The van der Waals surface area contributed by atoms with Crippen molar-refractivity contribution >= 4 is 88.5 Å². The molecule has 0 unspecified atom stereocenters. The average molecular weight is 524 g/mol. The lowest BCUT2D eigenvalue weighted by Crippen LogP contribution is -2.55. The third kappa shape index (κ3) is 4.30. The fourth-order valence-electron chi connectivity index (χ4n) is 5.40. The summed E-state index contributed by atoms with van der Waals surface area (Å²) >= 11 is 0. The first kappa shape index (κ1) is 26.2. The van der Waals surface area contributed by atoms with Gasteiger partial charge in [-0.2, -0.15) is 0 Å². The van der Waals surface area contributed by atoms with Crippen molar-refractivity contribution in [2.45, 2.75) is 0 Å². The van der Waals surface area contributed by atoms with Gasteiger partial charge in [0.25, 0.3) is 0 Å². The third-order valence-corrected chi connectivity index (χ3v) is 7.59. The minimum Gasteiger partial charge on any atom is -0.456 e. The van der Waals surface area contributed by atoms with E-state index in [0.29, 0.717) is 22.6 Å². The molecule has 0 saturated heterocycles. The lowest BCUT2D eigenvalue weighted by atomic mass is 9.59. The Kier molecular flexibility index (Phi) is 6.43. The standard InChI is InChI=1S/C34H17B5N2O/c35-29-28(30(36)32(38)33(39)31(29)37)21-12-7-13-26-27(21)22-16-20(14-15-25(22)42-26)34-40-23(18-8-3-1-4-9-18)17-24(41-34)19-10-5-2-6-11-19/h1-17H. The van der Waals surface area contributed by atoms with Gasteiger partial charge in [0.2, 0.25) is 0 Å². The van der Waals surface area contributed by atoms with E-state index >= 15 is 0 Å². The topological polar surface area (TPSA) is 38.9 Å². The second-order valence-corrected chi connectivity index (χ2v) is 10.1. The number of aromatic nitrogens is 2. The van der Waals surface area contributed by atoms with E-state index in [4.69, 9.17) is 53.6 Å². The molecule has 3 nitrogen and oxygen atoms in total. The van der Waals surface area contributed by atoms with Crippen LogP contribution < -0.4 is 27.3 Å². The van der Waals surface area contributed by atoms with Crippen molar-refractivity contribution < 1.29 is 4.42 Å². The lowest BCUT2D eigenvalue weighted by molar-refractivity contribution is 0.669. The fraction of sp³-hybridized carbons (Fsp3) is 0. The van der Waals surface area contributed by atoms with Gasteiger partial charge < -0.3 is 4.42 Å². The molecule has 0 amide bonds. The van der Waals surface area contributed by atoms with Crippen LogP contribution >= 0.6 is 0 Å². The van der Waals surface area contributed by atoms with E-state index in [2.05, 4.69) is 0 Å². The van der Waals surface area contributed by atoms with E-state index in [1.54, 1.807) is 0 Å². The van der Waals surface area contributed by atoms with Crippen LogP contribution in [0, 0.1) is 0 Å². The first-order valence-electron chi connectivity index (χ1n) is 13.4. The molecule has 10 radical (unpaired) electrons. The number of furan rings is 1. The zero-order valence-electron chi connectivity index (χ0n) is 22.5. The fourth-order valence-corrected chi connectivity index (χ4v) is 5.40. The Morgan fingerprint density at radius 3 is 1.64 bits per heavy atom. The molecule has 2 aromatic heterocycles. The van der Waals surface area contributed by atoms with E-state index < -0.39 is 0 Å². The maximum atomic E-state index is 6.46. The molecular weight excluding hydrogens is 506 g/mol. The minimum atomic E-state index is 0.171. The Labute approximate surface area is 250 Å². The van der Waals surface area contributed by atoms with Gasteiger partial charge in [-0.3, -0.25) is 0 Å². The molecule has 0 N–H and O–H groups in total. The average Bonchev–Trinajstić information content (AvgIpc) is 3.42. The van der Waals surface area contributed by atoms with Crippen LogP contribution in [0.15, 0.2) is 108 Å². The van der Waals surface area contributed by atoms with Gasteiger partial charge in [0.05, 0.1) is 11.4 Å². The summed E-state index contributed by atoms with van der Waals surface area (Å²) in [5, 5.41) is 1.67. The van der Waals surface area contributed by atoms with Gasteiger partial charge in [-0.05, 0) is 41.5 Å². The molecular formula is C34H17B5N2O. The predicted octanol–water partition coefficient (Wildman–Crippen LogP) is 3.01. The zero-order chi connectivity index (χ0) is 29.0. The third-order valence-electron chi connectivity index (χ3n) is 7.59. The van der Waals surface area contributed by atoms with Crippen molar-refractivity contribution in [3.05, 3.63) is 103 Å². The minimum absolute atomic E-state index is 0.171. The van der Waals surface area contributed by atoms with Crippen molar-refractivity contribution in [3.8, 4) is 45.0 Å². The highest BCUT2D eigenvalue weighted by Gasteiger charge is 2.19. The molecule has 0 aliphatic carbocycles. The molecule has 5 aromatic carbocycles. The quantitative estimate of drug-likeness (QED) is 0.333. The molecule has 184 valence electrons. The van der Waals surface area contributed by atoms with Gasteiger partial charge in [-0.1, -0.05) is 83.7 Å². The van der Waals surface area contributed by atoms with Crippen molar-refractivity contribution in [1.29, 1.82) is 0 Å². The summed E-state index contributed by atoms with van der Waals surface area (Å²) in [6, 6.07) is 33.8. The zero-order valence-corrected chi connectivity index (χ0v) is 22.5. The Bertz CT molecular complexity index is 2060. The molecule has 0 bridgehead atoms. The van der Waals surface area contributed by atoms with Crippen molar-refractivity contribution in [2.75, 3.05) is 0 Å². The summed E-state index contributed by atoms with van der Waals surface area (Å²) in [7, 11) is 31.4. The highest BCUT2D eigenvalue weighted by Crippen LogP contribution is 2.37. The van der Waals surface area contributed by atoms with Crippen LogP contribution in [0.3, 0.4) is 0 Å². The lowest BCUT2D eigenvalue weighted by Gasteiger charge is -2.21. The van der Waals surface area contributed by atoms with Gasteiger partial charge in [-0.25, -0.2) is 9.97 Å². The molecule has 0 saturated carbocycles. The predicted molar refractivity (Wildman–Crippen MR) is 178 cm³/mol. The Morgan fingerprint density at radius 1 is 0.476 bits per heavy atom. The highest BCUT2D eigenvalue weighted by atomic mass is 16.3. The molecule has 0 spiro atoms. The number of nitrogens with zero attached hydrogens (tertiary/aromatic N) is 2. The molecule has 7 rings (SSSR count). The first-order valence-corrected chi connectivity index (χ1v) is 13.4. The molecule has 7 aromatic rings. The Balaban J connectivity index is 1.48. The summed E-state index contributed by atoms with van der Waals surface area (Å²) in [5.74, 6) is 0.587. The highest BCUT2D eigenvalue weighted by molar-refractivity contribution is 6.68. The van der Waals surface area contributed by atoms with Crippen molar-refractivity contribution in [2.24, 2.45) is 0 Å². The number of fused-ring (bicyclic) bond motifs is 3. The summed E-state index contributed by atoms with van der Waals surface area (Å²) in [6.45, 7) is 0. The van der Waals surface area contributed by atoms with Gasteiger partial charge in [0, 0.05) is 27.5 Å². The SMILES string of the molecule is [B]c1c([B])c([B])c(-c2cccc3oc4ccc(-c5nc(-c6ccccc6)cc(-c6ccccc6)n5)cc4c23)c([B])c1[B]. The summed E-state index contributed by atoms with van der Waals surface area (Å²) in [6.07, 6.45) is 0. The molecule has 0 aliphatic rings. The molecule has 2 heterocycles. The molecule has 8 heteroatoms. The number of benzene rings is 5. The van der Waals surface area contributed by atoms with E-state index in [1.165, 1.54) is 0 Å². The molecule has 0 atom stereocenters. The van der Waals surface area contributed by atoms with Crippen LogP contribution in [0.4, 0.5) is 0 Å². The number of hydrogen-bond donors (Lipinski definition) is 0. The van der Waals surface area contributed by atoms with Crippen molar-refractivity contribution in [1.82, 2.24) is 9.97 Å². The smallest absolute Gasteiger partial charge is 0.160 e. The van der Waals surface area contributed by atoms with E-state index in [1.807, 2.05) is 103 Å². The molecule has 42 heavy (non-hydrogen) atoms. The van der Waals surface area contributed by atoms with Crippen LogP contribution in [0.2, 0.25) is 0 Å². The monoisotopic (exact) mass is 524 g/mol. The normalized spacial score (nSPS) is 11.3. The molecule has 0 fully saturated rings. The van der Waals surface area contributed by atoms with Crippen LogP contribution in [-0.2, 0) is 0 Å². The van der Waals surface area contributed by atoms with Gasteiger partial charge >= 0.3 is 0 Å². The van der Waals surface area contributed by atoms with Crippen LogP contribution in [0.5, 0.6) is 0 Å². The van der Waals surface area contributed by atoms with Gasteiger partial charge in [-0.15, -0.1) is 16.4 Å². The number of hydrogen-bond acceptors (Lipinski definition) is 3.